The summed E-state index contributed by atoms with van der Waals surface area (Å²) in [7, 11) is 0. The molecule has 88 valence electrons. The van der Waals surface area contributed by atoms with Crippen LogP contribution in [0.25, 0.3) is 11.4 Å². The van der Waals surface area contributed by atoms with E-state index in [2.05, 4.69) is 94.2 Å². The number of aromatic nitrogens is 2. The van der Waals surface area contributed by atoms with E-state index in [1.165, 1.54) is 9.26 Å². The second kappa shape index (κ2) is 4.69. The van der Waals surface area contributed by atoms with Gasteiger partial charge in [0.05, 0.1) is 0 Å². The second-order valence-electron chi connectivity index (χ2n) is 3.79. The summed E-state index contributed by atoms with van der Waals surface area (Å²) in [5.41, 5.74) is 2.32. The van der Waals surface area contributed by atoms with E-state index < -0.39 is 0 Å². The van der Waals surface area contributed by atoms with E-state index in [-0.39, 0.29) is 0 Å². The van der Waals surface area contributed by atoms with Crippen molar-refractivity contribution in [2.24, 2.45) is 0 Å². The second-order valence-corrected chi connectivity index (χ2v) is 6.74. The average molecular weight is 516 g/mol. The SMILES string of the molecule is Brc1ccc2c(c1)NCCn1c-2nc(I)c1I. The molecule has 0 bridgehead atoms. The smallest absolute Gasteiger partial charge is 0.144 e. The summed E-state index contributed by atoms with van der Waals surface area (Å²) in [6.07, 6.45) is 0. The number of hydrogen-bond donors (Lipinski definition) is 1. The van der Waals surface area contributed by atoms with Gasteiger partial charge in [0.1, 0.15) is 13.2 Å². The summed E-state index contributed by atoms with van der Waals surface area (Å²) >= 11 is 8.16. The van der Waals surface area contributed by atoms with Crippen LogP contribution in [0, 0.1) is 7.40 Å². The first kappa shape index (κ1) is 12.2. The van der Waals surface area contributed by atoms with Gasteiger partial charge in [0.15, 0.2) is 0 Å². The van der Waals surface area contributed by atoms with Crippen LogP contribution in [0.4, 0.5) is 5.69 Å². The number of anilines is 1. The Morgan fingerprint density at radius 2 is 2.18 bits per heavy atom. The number of benzene rings is 1. The van der Waals surface area contributed by atoms with Crippen molar-refractivity contribution < 1.29 is 0 Å². The molecule has 6 heteroatoms. The summed E-state index contributed by atoms with van der Waals surface area (Å²) < 4.78 is 5.66. The fraction of sp³-hybridized carbons (Fsp3) is 0.182. The zero-order valence-electron chi connectivity index (χ0n) is 8.67. The van der Waals surface area contributed by atoms with Crippen molar-refractivity contribution in [1.82, 2.24) is 9.55 Å². The quantitative estimate of drug-likeness (QED) is 0.539. The number of nitrogens with zero attached hydrogens (tertiary/aromatic N) is 2. The molecule has 0 saturated heterocycles. The molecule has 1 aliphatic rings. The lowest BCUT2D eigenvalue weighted by molar-refractivity contribution is 0.727. The van der Waals surface area contributed by atoms with Crippen molar-refractivity contribution in [3.05, 3.63) is 30.1 Å². The van der Waals surface area contributed by atoms with Gasteiger partial charge < -0.3 is 9.88 Å². The third kappa shape index (κ3) is 2.12. The summed E-state index contributed by atoms with van der Waals surface area (Å²) in [4.78, 5) is 4.67. The minimum Gasteiger partial charge on any atom is -0.383 e. The largest absolute Gasteiger partial charge is 0.383 e. The van der Waals surface area contributed by atoms with E-state index in [0.29, 0.717) is 0 Å². The first-order chi connectivity index (χ1) is 8.16. The molecule has 17 heavy (non-hydrogen) atoms. The first-order valence-electron chi connectivity index (χ1n) is 5.12. The Kier molecular flexibility index (Phi) is 3.37. The monoisotopic (exact) mass is 515 g/mol. The van der Waals surface area contributed by atoms with Gasteiger partial charge in [-0.05, 0) is 63.4 Å². The molecule has 0 aliphatic carbocycles. The molecule has 1 aromatic carbocycles. The zero-order valence-corrected chi connectivity index (χ0v) is 14.6. The maximum Gasteiger partial charge on any atom is 0.144 e. The van der Waals surface area contributed by atoms with Gasteiger partial charge in [0, 0.05) is 28.8 Å². The molecule has 0 amide bonds. The van der Waals surface area contributed by atoms with Crippen molar-refractivity contribution in [3.8, 4) is 11.4 Å². The fourth-order valence-corrected chi connectivity index (χ4v) is 3.44. The predicted molar refractivity (Wildman–Crippen MR) is 89.3 cm³/mol. The Hall–Kier alpha value is 0.170. The molecular formula is C11H8BrI2N3. The van der Waals surface area contributed by atoms with Gasteiger partial charge in [0.2, 0.25) is 0 Å². The lowest BCUT2D eigenvalue weighted by Gasteiger charge is -2.06. The van der Waals surface area contributed by atoms with Crippen molar-refractivity contribution >= 4 is 66.8 Å². The molecule has 0 saturated carbocycles. The van der Waals surface area contributed by atoms with Crippen molar-refractivity contribution in [2.45, 2.75) is 6.54 Å². The van der Waals surface area contributed by atoms with Gasteiger partial charge in [-0.3, -0.25) is 0 Å². The van der Waals surface area contributed by atoms with Gasteiger partial charge in [-0.15, -0.1) is 0 Å². The Bertz CT molecular complexity index is 595. The lowest BCUT2D eigenvalue weighted by atomic mass is 10.1. The van der Waals surface area contributed by atoms with Gasteiger partial charge >= 0.3 is 0 Å². The highest BCUT2D eigenvalue weighted by molar-refractivity contribution is 14.1. The van der Waals surface area contributed by atoms with E-state index in [9.17, 15) is 0 Å². The highest BCUT2D eigenvalue weighted by Crippen LogP contribution is 2.34. The maximum atomic E-state index is 4.67. The highest BCUT2D eigenvalue weighted by atomic mass is 127. The Morgan fingerprint density at radius 1 is 1.35 bits per heavy atom. The summed E-state index contributed by atoms with van der Waals surface area (Å²) in [5, 5.41) is 3.45. The van der Waals surface area contributed by atoms with E-state index in [1.807, 2.05) is 0 Å². The van der Waals surface area contributed by atoms with Crippen LogP contribution in [0.5, 0.6) is 0 Å². The number of imidazole rings is 1. The molecule has 0 spiro atoms. The molecule has 3 nitrogen and oxygen atoms in total. The summed E-state index contributed by atoms with van der Waals surface area (Å²) in [5.74, 6) is 1.06. The number of fused-ring (bicyclic) bond motifs is 3. The van der Waals surface area contributed by atoms with Crippen LogP contribution in [0.3, 0.4) is 0 Å². The molecule has 1 aromatic heterocycles. The van der Waals surface area contributed by atoms with Crippen LogP contribution in [0.15, 0.2) is 22.7 Å². The normalized spacial score (nSPS) is 13.6. The third-order valence-electron chi connectivity index (χ3n) is 2.74. The summed E-state index contributed by atoms with van der Waals surface area (Å²) in [6, 6.07) is 6.28. The van der Waals surface area contributed by atoms with Gasteiger partial charge in [0.25, 0.3) is 0 Å². The standard InChI is InChI=1S/C11H8BrI2N3/c12-6-1-2-7-8(5-6)15-3-4-17-10(14)9(13)16-11(7)17/h1-2,5,15H,3-4H2. The third-order valence-corrected chi connectivity index (χ3v) is 6.11. The van der Waals surface area contributed by atoms with E-state index in [0.717, 1.165) is 32.8 Å². The van der Waals surface area contributed by atoms with E-state index in [4.69, 9.17) is 0 Å². The molecule has 3 rings (SSSR count). The zero-order chi connectivity index (χ0) is 12.0. The molecular weight excluding hydrogens is 508 g/mol. The van der Waals surface area contributed by atoms with Crippen molar-refractivity contribution in [1.29, 1.82) is 0 Å². The molecule has 1 N–H and O–H groups in total. The van der Waals surface area contributed by atoms with Crippen LogP contribution < -0.4 is 5.32 Å². The van der Waals surface area contributed by atoms with Crippen molar-refractivity contribution in [2.75, 3.05) is 11.9 Å². The van der Waals surface area contributed by atoms with Crippen LogP contribution in [-0.4, -0.2) is 16.1 Å². The van der Waals surface area contributed by atoms with Crippen LogP contribution in [0.2, 0.25) is 0 Å². The fourth-order valence-electron chi connectivity index (χ4n) is 1.97. The highest BCUT2D eigenvalue weighted by Gasteiger charge is 2.19. The Labute approximate surface area is 135 Å². The number of nitrogens with one attached hydrogen (secondary N) is 1. The molecule has 0 atom stereocenters. The van der Waals surface area contributed by atoms with E-state index in [1.54, 1.807) is 0 Å². The first-order valence-corrected chi connectivity index (χ1v) is 8.07. The predicted octanol–water partition coefficient (Wildman–Crippen LogP) is 3.95. The van der Waals surface area contributed by atoms with Gasteiger partial charge in [-0.2, -0.15) is 0 Å². The molecule has 0 unspecified atom stereocenters. The van der Waals surface area contributed by atoms with E-state index >= 15 is 0 Å². The number of halogens is 3. The number of rotatable bonds is 0. The minimum atomic E-state index is 0.929. The van der Waals surface area contributed by atoms with Crippen LogP contribution in [0.1, 0.15) is 0 Å². The lowest BCUT2D eigenvalue weighted by Crippen LogP contribution is -2.08. The summed E-state index contributed by atoms with van der Waals surface area (Å²) in [6.45, 7) is 1.88. The van der Waals surface area contributed by atoms with Gasteiger partial charge in [-0.25, -0.2) is 4.98 Å². The molecule has 2 aromatic rings. The van der Waals surface area contributed by atoms with Crippen LogP contribution in [-0.2, 0) is 6.54 Å². The maximum absolute atomic E-state index is 4.67. The molecule has 0 fully saturated rings. The Balaban J connectivity index is 2.27. The van der Waals surface area contributed by atoms with Crippen molar-refractivity contribution in [3.63, 3.8) is 0 Å². The molecule has 1 aliphatic heterocycles. The Morgan fingerprint density at radius 3 is 3.00 bits per heavy atom. The van der Waals surface area contributed by atoms with Crippen LogP contribution >= 0.6 is 61.1 Å². The topological polar surface area (TPSA) is 29.9 Å². The average Bonchev–Trinajstić information content (AvgIpc) is 2.49. The van der Waals surface area contributed by atoms with Gasteiger partial charge in [-0.1, -0.05) is 15.9 Å². The molecule has 0 radical (unpaired) electrons. The molecule has 2 heterocycles. The minimum absolute atomic E-state index is 0.929. The number of hydrogen-bond acceptors (Lipinski definition) is 2.